The zero-order valence-corrected chi connectivity index (χ0v) is 9.61. The molecule has 3 nitrogen and oxygen atoms in total. The summed E-state index contributed by atoms with van der Waals surface area (Å²) < 4.78 is 0. The van der Waals surface area contributed by atoms with Crippen LogP contribution in [0.5, 0.6) is 0 Å². The Morgan fingerprint density at radius 1 is 1.24 bits per heavy atom. The van der Waals surface area contributed by atoms with Gasteiger partial charge >= 0.3 is 0 Å². The first kappa shape index (κ1) is 10.3. The molecule has 0 atom stereocenters. The molecule has 17 heavy (non-hydrogen) atoms. The van der Waals surface area contributed by atoms with Crippen molar-refractivity contribution < 1.29 is 0 Å². The molecular formula is C14H15N3. The lowest BCUT2D eigenvalue weighted by Crippen LogP contribution is -2.24. The van der Waals surface area contributed by atoms with Crippen LogP contribution in [0.25, 0.3) is 11.1 Å². The Bertz CT molecular complexity index is 549. The third-order valence-electron chi connectivity index (χ3n) is 3.23. The summed E-state index contributed by atoms with van der Waals surface area (Å²) in [6.07, 6.45) is 2.85. The van der Waals surface area contributed by atoms with Crippen LogP contribution in [0, 0.1) is 0 Å². The minimum Gasteiger partial charge on any atom is -0.384 e. The Labute approximate surface area is 101 Å². The van der Waals surface area contributed by atoms with Gasteiger partial charge in [0.1, 0.15) is 5.82 Å². The molecule has 1 aliphatic rings. The van der Waals surface area contributed by atoms with Gasteiger partial charge < -0.3 is 11.1 Å². The standard InChI is InChI=1S/C14H15N3/c15-14-8-10(4-7-17-14)12-3-1-2-11-9-16-6-5-13(11)12/h1-4,7-8,16H,5-6,9H2,(H2,15,17). The molecule has 0 fully saturated rings. The van der Waals surface area contributed by atoms with Crippen molar-refractivity contribution in [2.75, 3.05) is 12.3 Å². The SMILES string of the molecule is Nc1cc(-c2cccc3c2CCNC3)ccn1. The second-order valence-electron chi connectivity index (χ2n) is 4.34. The number of hydrogen-bond donors (Lipinski definition) is 2. The summed E-state index contributed by atoms with van der Waals surface area (Å²) in [7, 11) is 0. The summed E-state index contributed by atoms with van der Waals surface area (Å²) in [6, 6.07) is 10.4. The van der Waals surface area contributed by atoms with Gasteiger partial charge in [-0.2, -0.15) is 0 Å². The maximum atomic E-state index is 5.75. The van der Waals surface area contributed by atoms with Crippen molar-refractivity contribution >= 4 is 5.82 Å². The van der Waals surface area contributed by atoms with Gasteiger partial charge in [-0.3, -0.25) is 0 Å². The Kier molecular flexibility index (Phi) is 2.53. The van der Waals surface area contributed by atoms with Gasteiger partial charge in [0.2, 0.25) is 0 Å². The first-order chi connectivity index (χ1) is 8.34. The van der Waals surface area contributed by atoms with Crippen LogP contribution in [0.4, 0.5) is 5.82 Å². The Balaban J connectivity index is 2.14. The first-order valence-corrected chi connectivity index (χ1v) is 5.88. The summed E-state index contributed by atoms with van der Waals surface area (Å²) >= 11 is 0. The van der Waals surface area contributed by atoms with Crippen LogP contribution in [0.2, 0.25) is 0 Å². The second kappa shape index (κ2) is 4.18. The number of aromatic nitrogens is 1. The monoisotopic (exact) mass is 225 g/mol. The minimum atomic E-state index is 0.578. The van der Waals surface area contributed by atoms with Gasteiger partial charge in [0, 0.05) is 12.7 Å². The molecule has 0 saturated heterocycles. The highest BCUT2D eigenvalue weighted by Gasteiger charge is 2.13. The van der Waals surface area contributed by atoms with E-state index in [1.165, 1.54) is 16.7 Å². The Morgan fingerprint density at radius 2 is 2.18 bits per heavy atom. The van der Waals surface area contributed by atoms with E-state index in [-0.39, 0.29) is 0 Å². The lowest BCUT2D eigenvalue weighted by molar-refractivity contribution is 0.645. The Morgan fingerprint density at radius 3 is 3.06 bits per heavy atom. The highest BCUT2D eigenvalue weighted by atomic mass is 14.9. The molecule has 2 heterocycles. The molecule has 0 aliphatic carbocycles. The number of benzene rings is 1. The van der Waals surface area contributed by atoms with Crippen molar-refractivity contribution in [1.29, 1.82) is 0 Å². The van der Waals surface area contributed by atoms with E-state index >= 15 is 0 Å². The van der Waals surface area contributed by atoms with Crippen molar-refractivity contribution in [2.24, 2.45) is 0 Å². The van der Waals surface area contributed by atoms with Gasteiger partial charge in [0.05, 0.1) is 0 Å². The van der Waals surface area contributed by atoms with Gasteiger partial charge in [-0.05, 0) is 47.4 Å². The average Bonchev–Trinajstić information content (AvgIpc) is 2.38. The fourth-order valence-electron chi connectivity index (χ4n) is 2.42. The highest BCUT2D eigenvalue weighted by Crippen LogP contribution is 2.28. The number of hydrogen-bond acceptors (Lipinski definition) is 3. The van der Waals surface area contributed by atoms with E-state index in [1.807, 2.05) is 12.1 Å². The number of rotatable bonds is 1. The number of fused-ring (bicyclic) bond motifs is 1. The van der Waals surface area contributed by atoms with E-state index in [0.717, 1.165) is 25.1 Å². The van der Waals surface area contributed by atoms with Crippen molar-refractivity contribution in [3.63, 3.8) is 0 Å². The second-order valence-corrected chi connectivity index (χ2v) is 4.34. The van der Waals surface area contributed by atoms with Crippen LogP contribution in [-0.4, -0.2) is 11.5 Å². The molecule has 86 valence electrons. The van der Waals surface area contributed by atoms with Crippen LogP contribution >= 0.6 is 0 Å². The van der Waals surface area contributed by atoms with Gasteiger partial charge in [-0.1, -0.05) is 18.2 Å². The molecule has 1 aliphatic heterocycles. The predicted octanol–water partition coefficient (Wildman–Crippen LogP) is 1.98. The molecule has 3 N–H and O–H groups in total. The molecule has 0 spiro atoms. The Hall–Kier alpha value is -1.87. The highest BCUT2D eigenvalue weighted by molar-refractivity contribution is 5.70. The normalized spacial score (nSPS) is 14.4. The van der Waals surface area contributed by atoms with Crippen LogP contribution < -0.4 is 11.1 Å². The molecule has 3 heteroatoms. The van der Waals surface area contributed by atoms with Gasteiger partial charge in [0.15, 0.2) is 0 Å². The van der Waals surface area contributed by atoms with E-state index < -0.39 is 0 Å². The molecular weight excluding hydrogens is 210 g/mol. The number of nitrogens with one attached hydrogen (secondary N) is 1. The maximum Gasteiger partial charge on any atom is 0.123 e. The molecule has 0 radical (unpaired) electrons. The fourth-order valence-corrected chi connectivity index (χ4v) is 2.42. The molecule has 0 unspecified atom stereocenters. The van der Waals surface area contributed by atoms with Crippen molar-refractivity contribution in [3.8, 4) is 11.1 Å². The smallest absolute Gasteiger partial charge is 0.123 e. The lowest BCUT2D eigenvalue weighted by atomic mass is 9.92. The zero-order chi connectivity index (χ0) is 11.7. The number of nitrogens with zero attached hydrogens (tertiary/aromatic N) is 1. The van der Waals surface area contributed by atoms with Gasteiger partial charge in [-0.15, -0.1) is 0 Å². The molecule has 1 aromatic heterocycles. The van der Waals surface area contributed by atoms with Gasteiger partial charge in [-0.25, -0.2) is 4.98 Å². The summed E-state index contributed by atoms with van der Waals surface area (Å²) in [5.74, 6) is 0.578. The lowest BCUT2D eigenvalue weighted by Gasteiger charge is -2.20. The average molecular weight is 225 g/mol. The maximum absolute atomic E-state index is 5.75. The van der Waals surface area contributed by atoms with Crippen LogP contribution in [0.15, 0.2) is 36.5 Å². The van der Waals surface area contributed by atoms with E-state index in [4.69, 9.17) is 5.73 Å². The largest absolute Gasteiger partial charge is 0.384 e. The number of pyridine rings is 1. The topological polar surface area (TPSA) is 50.9 Å². The van der Waals surface area contributed by atoms with E-state index in [2.05, 4.69) is 28.5 Å². The van der Waals surface area contributed by atoms with Crippen molar-refractivity contribution in [2.45, 2.75) is 13.0 Å². The summed E-state index contributed by atoms with van der Waals surface area (Å²) in [5, 5.41) is 3.39. The van der Waals surface area contributed by atoms with Crippen molar-refractivity contribution in [3.05, 3.63) is 47.7 Å². The summed E-state index contributed by atoms with van der Waals surface area (Å²) in [4.78, 5) is 4.04. The molecule has 0 bridgehead atoms. The zero-order valence-electron chi connectivity index (χ0n) is 9.61. The third kappa shape index (κ3) is 1.89. The van der Waals surface area contributed by atoms with Gasteiger partial charge in [0.25, 0.3) is 0 Å². The number of nitrogens with two attached hydrogens (primary N) is 1. The van der Waals surface area contributed by atoms with Crippen LogP contribution in [0.3, 0.4) is 0 Å². The first-order valence-electron chi connectivity index (χ1n) is 5.88. The fraction of sp³-hybridized carbons (Fsp3) is 0.214. The van der Waals surface area contributed by atoms with Crippen molar-refractivity contribution in [1.82, 2.24) is 10.3 Å². The van der Waals surface area contributed by atoms with Crippen LogP contribution in [0.1, 0.15) is 11.1 Å². The number of nitrogen functional groups attached to an aromatic ring is 1. The number of anilines is 1. The quantitative estimate of drug-likeness (QED) is 0.780. The predicted molar refractivity (Wildman–Crippen MR) is 69.5 cm³/mol. The summed E-state index contributed by atoms with van der Waals surface area (Å²) in [5.41, 5.74) is 11.0. The molecule has 3 rings (SSSR count). The molecule has 0 amide bonds. The van der Waals surface area contributed by atoms with E-state index in [9.17, 15) is 0 Å². The summed E-state index contributed by atoms with van der Waals surface area (Å²) in [6.45, 7) is 2.01. The molecule has 1 aromatic carbocycles. The van der Waals surface area contributed by atoms with Crippen LogP contribution in [-0.2, 0) is 13.0 Å². The van der Waals surface area contributed by atoms with E-state index in [1.54, 1.807) is 6.20 Å². The molecule has 0 saturated carbocycles. The minimum absolute atomic E-state index is 0.578. The molecule has 2 aromatic rings. The third-order valence-corrected chi connectivity index (χ3v) is 3.23. The van der Waals surface area contributed by atoms with E-state index in [0.29, 0.717) is 5.82 Å².